The van der Waals surface area contributed by atoms with Gasteiger partial charge in [0.05, 0.1) is 5.69 Å². The predicted octanol–water partition coefficient (Wildman–Crippen LogP) is 3.96. The van der Waals surface area contributed by atoms with E-state index >= 15 is 0 Å². The molecule has 2 amide bonds. The molecule has 3 aromatic rings. The van der Waals surface area contributed by atoms with Gasteiger partial charge in [0, 0.05) is 49.2 Å². The summed E-state index contributed by atoms with van der Waals surface area (Å²) in [5.41, 5.74) is 2.04. The summed E-state index contributed by atoms with van der Waals surface area (Å²) in [7, 11) is 0. The zero-order chi connectivity index (χ0) is 22.5. The molecule has 0 atom stereocenters. The molecule has 0 bridgehead atoms. The molecule has 0 aliphatic carbocycles. The molecule has 1 N–H and O–H groups in total. The molecule has 166 valence electrons. The minimum atomic E-state index is -0.403. The van der Waals surface area contributed by atoms with E-state index in [0.29, 0.717) is 49.7 Å². The minimum Gasteiger partial charge on any atom is -0.368 e. The summed E-state index contributed by atoms with van der Waals surface area (Å²) in [4.78, 5) is 33.1. The highest BCUT2D eigenvalue weighted by molar-refractivity contribution is 7.14. The average molecular weight is 457 g/mol. The van der Waals surface area contributed by atoms with Crippen LogP contribution in [0.15, 0.2) is 53.9 Å². The topological polar surface area (TPSA) is 65.5 Å². The van der Waals surface area contributed by atoms with Gasteiger partial charge in [0.2, 0.25) is 5.91 Å². The molecule has 1 aliphatic heterocycles. The second-order valence-electron chi connectivity index (χ2n) is 7.45. The zero-order valence-electron chi connectivity index (χ0n) is 17.3. The Morgan fingerprint density at radius 2 is 1.56 bits per heavy atom. The lowest BCUT2D eigenvalue weighted by Gasteiger charge is -2.36. The van der Waals surface area contributed by atoms with Gasteiger partial charge in [-0.15, -0.1) is 11.3 Å². The van der Waals surface area contributed by atoms with Crippen molar-refractivity contribution in [1.29, 1.82) is 0 Å². The summed E-state index contributed by atoms with van der Waals surface area (Å²) in [5, 5.41) is 4.95. The summed E-state index contributed by atoms with van der Waals surface area (Å²) < 4.78 is 26.1. The Kier molecular flexibility index (Phi) is 6.75. The van der Waals surface area contributed by atoms with Crippen molar-refractivity contribution in [2.75, 3.05) is 36.4 Å². The second-order valence-corrected chi connectivity index (χ2v) is 8.31. The van der Waals surface area contributed by atoms with Crippen LogP contribution in [0.3, 0.4) is 0 Å². The summed E-state index contributed by atoms with van der Waals surface area (Å²) >= 11 is 1.29. The summed E-state index contributed by atoms with van der Waals surface area (Å²) in [5.74, 6) is -0.961. The Bertz CT molecular complexity index is 1080. The first-order valence-corrected chi connectivity index (χ1v) is 11.2. The Morgan fingerprint density at radius 1 is 0.938 bits per heavy atom. The van der Waals surface area contributed by atoms with Gasteiger partial charge in [-0.1, -0.05) is 0 Å². The number of halogens is 2. The van der Waals surface area contributed by atoms with Crippen LogP contribution in [0, 0.1) is 11.6 Å². The Balaban J connectivity index is 1.23. The number of anilines is 2. The highest BCUT2D eigenvalue weighted by Gasteiger charge is 2.21. The Hall–Kier alpha value is -3.33. The van der Waals surface area contributed by atoms with Crippen LogP contribution in [0.1, 0.15) is 22.5 Å². The molecule has 9 heteroatoms. The van der Waals surface area contributed by atoms with Crippen LogP contribution in [0.2, 0.25) is 0 Å². The monoisotopic (exact) mass is 456 g/mol. The van der Waals surface area contributed by atoms with Crippen LogP contribution in [-0.4, -0.2) is 47.9 Å². The van der Waals surface area contributed by atoms with Crippen molar-refractivity contribution in [1.82, 2.24) is 9.88 Å². The first-order chi connectivity index (χ1) is 15.5. The van der Waals surface area contributed by atoms with E-state index in [1.54, 1.807) is 12.1 Å². The van der Waals surface area contributed by atoms with Crippen LogP contribution in [0.5, 0.6) is 0 Å². The van der Waals surface area contributed by atoms with Gasteiger partial charge in [0.1, 0.15) is 11.6 Å². The standard InChI is InChI=1S/C23H22F2N4O2S/c24-17-3-1-16(2-4-17)22(31)27-23-26-19(15-32-23)7-10-21(30)29-13-11-28(12-14-29)20-8-5-18(25)6-9-20/h1-6,8-9,15H,7,10-14H2,(H,26,27,31). The molecular weight excluding hydrogens is 434 g/mol. The maximum atomic E-state index is 13.1. The van der Waals surface area contributed by atoms with Crippen molar-refractivity contribution in [3.05, 3.63) is 76.8 Å². The largest absolute Gasteiger partial charge is 0.368 e. The quantitative estimate of drug-likeness (QED) is 0.610. The van der Waals surface area contributed by atoms with Crippen LogP contribution < -0.4 is 10.2 Å². The number of nitrogens with zero attached hydrogens (tertiary/aromatic N) is 3. The number of carbonyl (C=O) groups is 2. The molecule has 1 aromatic heterocycles. The van der Waals surface area contributed by atoms with Crippen molar-refractivity contribution >= 4 is 34.0 Å². The molecule has 1 aliphatic rings. The number of carbonyl (C=O) groups excluding carboxylic acids is 2. The van der Waals surface area contributed by atoms with E-state index in [4.69, 9.17) is 0 Å². The molecule has 6 nitrogen and oxygen atoms in total. The van der Waals surface area contributed by atoms with Gasteiger partial charge < -0.3 is 9.80 Å². The third kappa shape index (κ3) is 5.47. The zero-order valence-corrected chi connectivity index (χ0v) is 18.1. The third-order valence-corrected chi connectivity index (χ3v) is 6.10. The Morgan fingerprint density at radius 3 is 2.22 bits per heavy atom. The van der Waals surface area contributed by atoms with Crippen LogP contribution in [0.4, 0.5) is 19.6 Å². The molecule has 1 fully saturated rings. The lowest BCUT2D eigenvalue weighted by Crippen LogP contribution is -2.48. The second kappa shape index (κ2) is 9.86. The number of aryl methyl sites for hydroxylation is 1. The number of rotatable bonds is 6. The molecule has 2 heterocycles. The van der Waals surface area contributed by atoms with E-state index in [-0.39, 0.29) is 17.6 Å². The smallest absolute Gasteiger partial charge is 0.257 e. The van der Waals surface area contributed by atoms with Crippen LogP contribution in [0.25, 0.3) is 0 Å². The fourth-order valence-corrected chi connectivity index (χ4v) is 4.25. The molecule has 2 aromatic carbocycles. The van der Waals surface area contributed by atoms with Crippen molar-refractivity contribution in [2.24, 2.45) is 0 Å². The van der Waals surface area contributed by atoms with Gasteiger partial charge in [-0.05, 0) is 55.0 Å². The SMILES string of the molecule is O=C(Nc1nc(CCC(=O)N2CCN(c3ccc(F)cc3)CC2)cs1)c1ccc(F)cc1. The van der Waals surface area contributed by atoms with E-state index in [1.165, 1.54) is 47.7 Å². The number of nitrogens with one attached hydrogen (secondary N) is 1. The third-order valence-electron chi connectivity index (χ3n) is 5.30. The van der Waals surface area contributed by atoms with Gasteiger partial charge in [0.25, 0.3) is 5.91 Å². The molecule has 0 spiro atoms. The first kappa shape index (κ1) is 21.9. The fourth-order valence-electron chi connectivity index (χ4n) is 3.51. The first-order valence-electron chi connectivity index (χ1n) is 10.3. The highest BCUT2D eigenvalue weighted by atomic mass is 32.1. The van der Waals surface area contributed by atoms with Gasteiger partial charge in [-0.25, -0.2) is 13.8 Å². The van der Waals surface area contributed by atoms with Gasteiger partial charge in [0.15, 0.2) is 5.13 Å². The number of amides is 2. The van der Waals surface area contributed by atoms with Gasteiger partial charge in [-0.2, -0.15) is 0 Å². The molecular formula is C23H22F2N4O2S. The summed E-state index contributed by atoms with van der Waals surface area (Å²) in [6.45, 7) is 2.64. The molecule has 4 rings (SSSR count). The number of piperazine rings is 1. The average Bonchev–Trinajstić information content (AvgIpc) is 3.26. The van der Waals surface area contributed by atoms with E-state index in [9.17, 15) is 18.4 Å². The van der Waals surface area contributed by atoms with Gasteiger partial charge in [-0.3, -0.25) is 14.9 Å². The number of benzene rings is 2. The van der Waals surface area contributed by atoms with E-state index < -0.39 is 5.82 Å². The van der Waals surface area contributed by atoms with Gasteiger partial charge >= 0.3 is 0 Å². The van der Waals surface area contributed by atoms with E-state index in [1.807, 2.05) is 10.3 Å². The van der Waals surface area contributed by atoms with Crippen molar-refractivity contribution in [2.45, 2.75) is 12.8 Å². The van der Waals surface area contributed by atoms with Crippen LogP contribution in [-0.2, 0) is 11.2 Å². The maximum Gasteiger partial charge on any atom is 0.257 e. The maximum absolute atomic E-state index is 13.1. The summed E-state index contributed by atoms with van der Waals surface area (Å²) in [6, 6.07) is 11.7. The number of thiazole rings is 1. The Labute approximate surface area is 188 Å². The molecule has 0 saturated carbocycles. The predicted molar refractivity (Wildman–Crippen MR) is 120 cm³/mol. The van der Waals surface area contributed by atoms with Crippen LogP contribution >= 0.6 is 11.3 Å². The highest BCUT2D eigenvalue weighted by Crippen LogP contribution is 2.20. The van der Waals surface area contributed by atoms with E-state index in [0.717, 1.165) is 11.4 Å². The summed E-state index contributed by atoms with van der Waals surface area (Å²) in [6.07, 6.45) is 0.825. The van der Waals surface area contributed by atoms with Crippen molar-refractivity contribution in [3.63, 3.8) is 0 Å². The normalized spacial score (nSPS) is 13.8. The molecule has 1 saturated heterocycles. The molecule has 0 radical (unpaired) electrons. The lowest BCUT2D eigenvalue weighted by molar-refractivity contribution is -0.131. The molecule has 0 unspecified atom stereocenters. The van der Waals surface area contributed by atoms with Crippen molar-refractivity contribution in [3.8, 4) is 0 Å². The molecule has 32 heavy (non-hydrogen) atoms. The number of aromatic nitrogens is 1. The van der Waals surface area contributed by atoms with E-state index in [2.05, 4.69) is 15.2 Å². The number of hydrogen-bond acceptors (Lipinski definition) is 5. The number of hydrogen-bond donors (Lipinski definition) is 1. The minimum absolute atomic E-state index is 0.0636. The van der Waals surface area contributed by atoms with Crippen molar-refractivity contribution < 1.29 is 18.4 Å². The fraction of sp³-hybridized carbons (Fsp3) is 0.261. The lowest BCUT2D eigenvalue weighted by atomic mass is 10.2.